The third-order valence-corrected chi connectivity index (χ3v) is 4.35. The zero-order valence-corrected chi connectivity index (χ0v) is 13.7. The molecule has 0 saturated carbocycles. The Labute approximate surface area is 129 Å². The maximum Gasteiger partial charge on any atom is 0.403 e. The number of thioether (sulfide) groups is 1. The number of hydrogen-bond acceptors (Lipinski definition) is 3. The van der Waals surface area contributed by atoms with Crippen molar-refractivity contribution in [2.75, 3.05) is 51.8 Å². The summed E-state index contributed by atoms with van der Waals surface area (Å²) in [7, 11) is 1.71. The Balaban J connectivity index is 2.40. The number of aliphatic imine (C=N–C) groups is 1. The van der Waals surface area contributed by atoms with Gasteiger partial charge in [0.25, 0.3) is 0 Å². The summed E-state index contributed by atoms with van der Waals surface area (Å²) < 4.78 is 38.1. The van der Waals surface area contributed by atoms with Gasteiger partial charge >= 0.3 is 6.18 Å². The van der Waals surface area contributed by atoms with Crippen molar-refractivity contribution >= 4 is 17.7 Å². The quantitative estimate of drug-likeness (QED) is 0.475. The monoisotopic (exact) mass is 326 g/mol. The molecule has 1 rings (SSSR count). The summed E-state index contributed by atoms with van der Waals surface area (Å²) in [6.45, 7) is 4.03. The predicted octanol–water partition coefficient (Wildman–Crippen LogP) is 1.88. The first-order chi connectivity index (χ1) is 9.90. The average molecular weight is 326 g/mol. The van der Waals surface area contributed by atoms with Gasteiger partial charge in [-0.2, -0.15) is 24.9 Å². The van der Waals surface area contributed by atoms with Crippen LogP contribution in [0, 0.1) is 0 Å². The lowest BCUT2D eigenvalue weighted by atomic mass is 10.2. The van der Waals surface area contributed by atoms with Gasteiger partial charge in [-0.3, -0.25) is 9.89 Å². The van der Waals surface area contributed by atoms with Gasteiger partial charge in [-0.05, 0) is 25.4 Å². The number of rotatable bonds is 5. The Kier molecular flexibility index (Phi) is 7.65. The summed E-state index contributed by atoms with van der Waals surface area (Å²) in [5, 5.41) is 3.27. The Bertz CT molecular complexity index is 328. The number of piperazine rings is 1. The molecule has 1 atom stereocenters. The first-order valence-electron chi connectivity index (χ1n) is 7.15. The Morgan fingerprint density at radius 3 is 2.38 bits per heavy atom. The van der Waals surface area contributed by atoms with Gasteiger partial charge in [-0.15, -0.1) is 0 Å². The number of nitrogens with zero attached hydrogens (tertiary/aromatic N) is 3. The number of alkyl halides is 3. The van der Waals surface area contributed by atoms with E-state index in [9.17, 15) is 13.2 Å². The van der Waals surface area contributed by atoms with Crippen LogP contribution < -0.4 is 5.32 Å². The number of hydrogen-bond donors (Lipinski definition) is 1. The maximum atomic E-state index is 12.7. The molecule has 1 aliphatic heterocycles. The van der Waals surface area contributed by atoms with Crippen LogP contribution in [0.15, 0.2) is 4.99 Å². The fourth-order valence-electron chi connectivity index (χ4n) is 2.28. The first kappa shape index (κ1) is 18.4. The standard InChI is InChI=1S/C13H25F3N4S/c1-11(13(14,15)16)19-6-8-20(9-7-19)12(17-2)18-5-4-10-21-3/h11H,4-10H2,1-3H3,(H,17,18). The van der Waals surface area contributed by atoms with Gasteiger partial charge in [0.15, 0.2) is 5.96 Å². The Hall–Kier alpha value is -0.630. The molecule has 0 aromatic rings. The molecule has 124 valence electrons. The predicted molar refractivity (Wildman–Crippen MR) is 83.0 cm³/mol. The first-order valence-corrected chi connectivity index (χ1v) is 8.54. The van der Waals surface area contributed by atoms with Crippen LogP contribution in [0.2, 0.25) is 0 Å². The minimum absolute atomic E-state index is 0.409. The molecule has 1 N–H and O–H groups in total. The SMILES string of the molecule is CN=C(NCCCSC)N1CCN(C(C)C(F)(F)F)CC1. The van der Waals surface area contributed by atoms with Crippen molar-refractivity contribution in [2.24, 2.45) is 4.99 Å². The van der Waals surface area contributed by atoms with Gasteiger partial charge in [0.05, 0.1) is 0 Å². The van der Waals surface area contributed by atoms with Gasteiger partial charge < -0.3 is 10.2 Å². The van der Waals surface area contributed by atoms with E-state index >= 15 is 0 Å². The second-order valence-corrected chi connectivity index (χ2v) is 6.05. The Morgan fingerprint density at radius 2 is 1.90 bits per heavy atom. The number of guanidine groups is 1. The second-order valence-electron chi connectivity index (χ2n) is 5.06. The average Bonchev–Trinajstić information content (AvgIpc) is 2.46. The van der Waals surface area contributed by atoms with Crippen LogP contribution in [0.4, 0.5) is 13.2 Å². The topological polar surface area (TPSA) is 30.9 Å². The maximum absolute atomic E-state index is 12.7. The van der Waals surface area contributed by atoms with Gasteiger partial charge in [-0.25, -0.2) is 0 Å². The molecule has 0 aromatic heterocycles. The van der Waals surface area contributed by atoms with Crippen molar-refractivity contribution in [3.8, 4) is 0 Å². The minimum Gasteiger partial charge on any atom is -0.356 e. The molecule has 0 aromatic carbocycles. The molecule has 1 fully saturated rings. The normalized spacial score (nSPS) is 19.7. The van der Waals surface area contributed by atoms with E-state index in [-0.39, 0.29) is 0 Å². The van der Waals surface area contributed by atoms with E-state index in [1.54, 1.807) is 18.8 Å². The summed E-state index contributed by atoms with van der Waals surface area (Å²) >= 11 is 1.80. The summed E-state index contributed by atoms with van der Waals surface area (Å²) in [5.41, 5.74) is 0. The highest BCUT2D eigenvalue weighted by Gasteiger charge is 2.40. The van der Waals surface area contributed by atoms with Crippen LogP contribution in [-0.2, 0) is 0 Å². The molecule has 0 radical (unpaired) electrons. The second kappa shape index (κ2) is 8.73. The highest BCUT2D eigenvalue weighted by Crippen LogP contribution is 2.25. The van der Waals surface area contributed by atoms with Gasteiger partial charge in [0.2, 0.25) is 0 Å². The van der Waals surface area contributed by atoms with E-state index in [0.29, 0.717) is 26.2 Å². The van der Waals surface area contributed by atoms with Crippen LogP contribution in [0.5, 0.6) is 0 Å². The Morgan fingerprint density at radius 1 is 1.29 bits per heavy atom. The zero-order valence-electron chi connectivity index (χ0n) is 12.9. The molecular formula is C13H25F3N4S. The van der Waals surface area contributed by atoms with Crippen molar-refractivity contribution in [1.82, 2.24) is 15.1 Å². The molecule has 0 bridgehead atoms. The van der Waals surface area contributed by atoms with Crippen LogP contribution in [0.1, 0.15) is 13.3 Å². The van der Waals surface area contributed by atoms with Gasteiger partial charge in [0.1, 0.15) is 6.04 Å². The van der Waals surface area contributed by atoms with E-state index < -0.39 is 12.2 Å². The smallest absolute Gasteiger partial charge is 0.356 e. The lowest BCUT2D eigenvalue weighted by Crippen LogP contribution is -2.56. The largest absolute Gasteiger partial charge is 0.403 e. The molecule has 1 aliphatic rings. The van der Waals surface area contributed by atoms with Crippen LogP contribution in [0.25, 0.3) is 0 Å². The molecule has 0 amide bonds. The third-order valence-electron chi connectivity index (χ3n) is 3.66. The number of nitrogens with one attached hydrogen (secondary N) is 1. The fraction of sp³-hybridized carbons (Fsp3) is 0.923. The lowest BCUT2D eigenvalue weighted by molar-refractivity contribution is -0.181. The molecule has 0 spiro atoms. The highest BCUT2D eigenvalue weighted by molar-refractivity contribution is 7.98. The molecule has 1 saturated heterocycles. The molecule has 8 heteroatoms. The highest BCUT2D eigenvalue weighted by atomic mass is 32.2. The molecular weight excluding hydrogens is 301 g/mol. The van der Waals surface area contributed by atoms with E-state index in [4.69, 9.17) is 0 Å². The van der Waals surface area contributed by atoms with Crippen molar-refractivity contribution in [3.63, 3.8) is 0 Å². The molecule has 0 aliphatic carbocycles. The molecule has 1 unspecified atom stereocenters. The van der Waals surface area contributed by atoms with E-state index in [0.717, 1.165) is 24.7 Å². The molecule has 21 heavy (non-hydrogen) atoms. The number of halogens is 3. The van der Waals surface area contributed by atoms with Gasteiger partial charge in [0, 0.05) is 39.8 Å². The third kappa shape index (κ3) is 5.94. The van der Waals surface area contributed by atoms with Crippen LogP contribution in [-0.4, -0.2) is 79.8 Å². The lowest BCUT2D eigenvalue weighted by Gasteiger charge is -2.39. The van der Waals surface area contributed by atoms with Gasteiger partial charge in [-0.1, -0.05) is 0 Å². The molecule has 1 heterocycles. The van der Waals surface area contributed by atoms with Crippen LogP contribution >= 0.6 is 11.8 Å². The summed E-state index contributed by atoms with van der Waals surface area (Å²) in [6.07, 6.45) is -1.04. The van der Waals surface area contributed by atoms with E-state index in [1.165, 1.54) is 11.8 Å². The fourth-order valence-corrected chi connectivity index (χ4v) is 2.71. The van der Waals surface area contributed by atoms with Crippen molar-refractivity contribution in [2.45, 2.75) is 25.6 Å². The van der Waals surface area contributed by atoms with E-state index in [2.05, 4.69) is 16.6 Å². The molecule has 4 nitrogen and oxygen atoms in total. The van der Waals surface area contributed by atoms with Crippen molar-refractivity contribution < 1.29 is 13.2 Å². The summed E-state index contributed by atoms with van der Waals surface area (Å²) in [4.78, 5) is 7.72. The van der Waals surface area contributed by atoms with Crippen molar-refractivity contribution in [1.29, 1.82) is 0 Å². The zero-order chi connectivity index (χ0) is 15.9. The van der Waals surface area contributed by atoms with Crippen molar-refractivity contribution in [3.05, 3.63) is 0 Å². The minimum atomic E-state index is -4.15. The van der Waals surface area contributed by atoms with E-state index in [1.807, 2.05) is 4.90 Å². The van der Waals surface area contributed by atoms with Crippen LogP contribution in [0.3, 0.4) is 0 Å². The summed E-state index contributed by atoms with van der Waals surface area (Å²) in [5.74, 6) is 1.87. The summed E-state index contributed by atoms with van der Waals surface area (Å²) in [6, 6.07) is -1.38.